The molecule has 0 heteroatoms. The van der Waals surface area contributed by atoms with Crippen LogP contribution in [0.25, 0.3) is 0 Å². The van der Waals surface area contributed by atoms with Gasteiger partial charge in [-0.15, -0.1) is 0 Å². The van der Waals surface area contributed by atoms with Gasteiger partial charge in [0.2, 0.25) is 0 Å². The van der Waals surface area contributed by atoms with E-state index in [1.165, 1.54) is 257 Å². The summed E-state index contributed by atoms with van der Waals surface area (Å²) in [5.74, 6) is 12.9. The summed E-state index contributed by atoms with van der Waals surface area (Å²) in [5, 5.41) is 0. The van der Waals surface area contributed by atoms with Gasteiger partial charge in [0.25, 0.3) is 0 Å². The van der Waals surface area contributed by atoms with Crippen molar-refractivity contribution < 1.29 is 0 Å². The Kier molecular flexibility index (Phi) is 75.8. The largest absolute Gasteiger partial charge is 0.0683 e. The molecular formula is C124H260. The lowest BCUT2D eigenvalue weighted by atomic mass is 9.51. The predicted molar refractivity (Wildman–Crippen MR) is 583 cm³/mol. The summed E-state index contributed by atoms with van der Waals surface area (Å²) in [6, 6.07) is 0. The first-order chi connectivity index (χ1) is 56.8. The maximum Gasteiger partial charge on any atom is -0.0287 e. The summed E-state index contributed by atoms with van der Waals surface area (Å²) in [6.45, 7) is 115. The van der Waals surface area contributed by atoms with Crippen LogP contribution in [0.2, 0.25) is 0 Å². The van der Waals surface area contributed by atoms with Gasteiger partial charge in [0.15, 0.2) is 0 Å². The number of rotatable bonds is 9. The van der Waals surface area contributed by atoms with Gasteiger partial charge in [0.1, 0.15) is 0 Å². The highest BCUT2D eigenvalue weighted by molar-refractivity contribution is 5.00. The quantitative estimate of drug-likeness (QED) is 0.216. The van der Waals surface area contributed by atoms with E-state index >= 15 is 0 Å². The van der Waals surface area contributed by atoms with Crippen LogP contribution in [0.4, 0.5) is 0 Å². The molecule has 0 N–H and O–H groups in total. The third kappa shape index (κ3) is 74.3. The van der Waals surface area contributed by atoms with Crippen LogP contribution >= 0.6 is 0 Å². The average Bonchev–Trinajstić information content (AvgIpc) is 0.768. The summed E-state index contributed by atoms with van der Waals surface area (Å²) >= 11 is 0. The van der Waals surface area contributed by atoms with E-state index in [2.05, 4.69) is 332 Å². The van der Waals surface area contributed by atoms with Gasteiger partial charge in [-0.1, -0.05) is 500 Å². The number of hydrogen-bond acceptors (Lipinski definition) is 0. The lowest BCUT2D eigenvalue weighted by Crippen LogP contribution is -2.43. The highest BCUT2D eigenvalue weighted by Crippen LogP contribution is 2.60. The molecule has 10 aliphatic carbocycles. The van der Waals surface area contributed by atoms with Gasteiger partial charge >= 0.3 is 0 Å². The summed E-state index contributed by atoms with van der Waals surface area (Å²) in [4.78, 5) is 0. The smallest absolute Gasteiger partial charge is 0.0287 e. The Morgan fingerprint density at radius 1 is 0.258 bits per heavy atom. The molecule has 0 atom stereocenters. The van der Waals surface area contributed by atoms with Crippen molar-refractivity contribution in [3.8, 4) is 0 Å². The van der Waals surface area contributed by atoms with E-state index < -0.39 is 0 Å². The van der Waals surface area contributed by atoms with Crippen LogP contribution in [0.1, 0.15) is 654 Å². The lowest BCUT2D eigenvalue weighted by molar-refractivity contribution is -0.0321. The molecule has 10 rings (SSSR count). The van der Waals surface area contributed by atoms with E-state index in [1.54, 1.807) is 51.4 Å². The second kappa shape index (κ2) is 69.8. The molecule has 10 aliphatic rings. The molecule has 4 spiro atoms. The molecule has 10 saturated carbocycles. The van der Waals surface area contributed by atoms with Gasteiger partial charge in [-0.3, -0.25) is 0 Å². The molecule has 0 aliphatic heterocycles. The molecule has 0 amide bonds. The Morgan fingerprint density at radius 2 is 0.484 bits per heavy atom. The van der Waals surface area contributed by atoms with Crippen molar-refractivity contribution in [1.82, 2.24) is 0 Å². The van der Waals surface area contributed by atoms with Crippen LogP contribution < -0.4 is 0 Å². The zero-order valence-corrected chi connectivity index (χ0v) is 98.0. The van der Waals surface area contributed by atoms with E-state index in [1.807, 2.05) is 13.8 Å². The van der Waals surface area contributed by atoms with Gasteiger partial charge in [-0.2, -0.15) is 0 Å². The highest BCUT2D eigenvalue weighted by atomic mass is 14.5. The SMILES string of the molecule is CC.CC(C)C.CC(C)C(C)C.CC(C)C(C)C(C)C.CC1CC(C)(C)CC(C)(C)C1.CC1CCC(C)(C)CC1.CC1CCC2(CC1)CC(C)(C)CC(C)(C)C2.CC1CCC2(CC1)CCC(C)(C)CC2.CC1CCC2(CCCC2)CC1.CC1CCC2(CCCCC2)CC1.CCC.CCC(C)(C)C.CCC(C)(C)CC.CCC(C)C.CCC(C)CC.CCCC. The molecule has 0 aromatic carbocycles. The first-order valence-corrected chi connectivity index (χ1v) is 56.8. The summed E-state index contributed by atoms with van der Waals surface area (Å²) in [5.41, 5.74) is 7.94. The fourth-order valence-corrected chi connectivity index (χ4v) is 21.0. The second-order valence-electron chi connectivity index (χ2n) is 54.7. The second-order valence-corrected chi connectivity index (χ2v) is 54.7. The maximum atomic E-state index is 2.49. The van der Waals surface area contributed by atoms with Crippen molar-refractivity contribution in [2.24, 2.45) is 148 Å². The molecule has 0 saturated heterocycles. The molecular weight excluding hydrogens is 1490 g/mol. The molecule has 124 heavy (non-hydrogen) atoms. The minimum Gasteiger partial charge on any atom is -0.0683 e. The minimum absolute atomic E-state index is 0.542. The molecule has 756 valence electrons. The monoisotopic (exact) mass is 1750 g/mol. The summed E-state index contributed by atoms with van der Waals surface area (Å²) < 4.78 is 0. The Labute approximate surface area is 797 Å². The molecule has 0 heterocycles. The van der Waals surface area contributed by atoms with E-state index in [0.29, 0.717) is 48.7 Å². The van der Waals surface area contributed by atoms with Crippen LogP contribution in [0.15, 0.2) is 0 Å². The van der Waals surface area contributed by atoms with Crippen molar-refractivity contribution in [3.05, 3.63) is 0 Å². The Morgan fingerprint density at radius 3 is 0.661 bits per heavy atom. The van der Waals surface area contributed by atoms with Crippen molar-refractivity contribution in [2.75, 3.05) is 0 Å². The highest BCUT2D eigenvalue weighted by Gasteiger charge is 2.48. The lowest BCUT2D eigenvalue weighted by Gasteiger charge is -2.54. The van der Waals surface area contributed by atoms with E-state index in [-0.39, 0.29) is 0 Å². The van der Waals surface area contributed by atoms with Gasteiger partial charge in [-0.05, 0) is 302 Å². The van der Waals surface area contributed by atoms with Crippen molar-refractivity contribution in [1.29, 1.82) is 0 Å². The van der Waals surface area contributed by atoms with Crippen LogP contribution in [0.5, 0.6) is 0 Å². The fraction of sp³-hybridized carbons (Fsp3) is 1.00. The number of hydrogen-bond donors (Lipinski definition) is 0. The molecule has 0 nitrogen and oxygen atoms in total. The van der Waals surface area contributed by atoms with E-state index in [0.717, 1.165) is 99.1 Å². The molecule has 0 aromatic heterocycles. The predicted octanol–water partition coefficient (Wildman–Crippen LogP) is 46.1. The Hall–Kier alpha value is 0. The topological polar surface area (TPSA) is 0 Å². The first kappa shape index (κ1) is 135. The molecule has 10 fully saturated rings. The van der Waals surface area contributed by atoms with Crippen LogP contribution in [-0.2, 0) is 0 Å². The Balaban J connectivity index is -0.000000306. The number of unbranched alkanes of at least 4 members (excludes halogenated alkanes) is 1. The average molecular weight is 1750 g/mol. The third-order valence-corrected chi connectivity index (χ3v) is 32.8. The molecule has 0 unspecified atom stereocenters. The van der Waals surface area contributed by atoms with Crippen molar-refractivity contribution >= 4 is 0 Å². The van der Waals surface area contributed by atoms with Crippen molar-refractivity contribution in [3.63, 3.8) is 0 Å². The zero-order chi connectivity index (χ0) is 98.0. The molecule has 0 bridgehead atoms. The standard InChI is InChI=1S/C16H30.C14H26.C12H22.C11H20.C11H22.C9H18.C8H18.C7H16.3C6H14.C5H12.2C4H10.C3H8.C2H6/c1-13-6-8-16(9-7-13)11-14(2,3)10-15(4,5)12-16;1-12-4-6-14(7-5-12)10-8-13(2,3)9-11-14;1-11-5-9-12(10-6-11)7-3-2-4-8-12;1-10-4-8-11(9-5-10)6-2-3-7-11;1-9-6-10(2,3)8-11(4,5)7-9;1-8-4-6-9(2,3)7-5-8;1-6(2)8(5)7(3)4;1-5-7(3,4)6-2;1-5-6(2,3)4;1-5(2)6(3)4;1-4-6(3)5-2;1-4-5(2)3;1-4(2)3;1-3-4-2;1-3-2;1-2/h13H,6-12H2,1-5H3;12H,4-11H2,1-3H3;11H,2-10H2,1H3;10H,2-9H2,1H3;9H,6-8H2,1-5H3;8H,4-7H2,1-3H3;6-8H,1-5H3;5-6H2,1-4H3;5H2,1-4H3;5-6H,1-4H3;6H,4-5H2,1-3H3;5H,4H2,1-3H3;4H,1-3H3;3-4H2,1-2H3;3H2,1-2H3;1-2H3. The molecule has 0 aromatic rings. The molecule has 0 radical (unpaired) electrons. The van der Waals surface area contributed by atoms with Crippen LogP contribution in [0, 0.1) is 148 Å². The van der Waals surface area contributed by atoms with Crippen LogP contribution in [0.3, 0.4) is 0 Å². The summed E-state index contributed by atoms with van der Waals surface area (Å²) in [7, 11) is 0. The maximum absolute atomic E-state index is 2.49. The Bertz CT molecular complexity index is 2190. The van der Waals surface area contributed by atoms with E-state index in [4.69, 9.17) is 0 Å². The third-order valence-electron chi connectivity index (χ3n) is 32.8. The minimum atomic E-state index is 0.542. The van der Waals surface area contributed by atoms with Gasteiger partial charge in [0, 0.05) is 0 Å². The van der Waals surface area contributed by atoms with Crippen molar-refractivity contribution in [2.45, 2.75) is 654 Å². The van der Waals surface area contributed by atoms with Gasteiger partial charge < -0.3 is 0 Å². The fourth-order valence-electron chi connectivity index (χ4n) is 21.0. The van der Waals surface area contributed by atoms with Crippen LogP contribution in [-0.4, -0.2) is 0 Å². The van der Waals surface area contributed by atoms with Gasteiger partial charge in [-0.25, -0.2) is 0 Å². The first-order valence-electron chi connectivity index (χ1n) is 56.8. The normalized spacial score (nSPS) is 22.5. The van der Waals surface area contributed by atoms with Gasteiger partial charge in [0.05, 0.1) is 0 Å². The zero-order valence-electron chi connectivity index (χ0n) is 98.0. The van der Waals surface area contributed by atoms with E-state index in [9.17, 15) is 0 Å². The summed E-state index contributed by atoms with van der Waals surface area (Å²) in [6.07, 6.45) is 70.2.